The topological polar surface area (TPSA) is 62.2 Å². The second-order valence-electron chi connectivity index (χ2n) is 4.25. The number of rotatable bonds is 4. The highest BCUT2D eigenvalue weighted by Gasteiger charge is 2.16. The van der Waals surface area contributed by atoms with E-state index in [1.807, 2.05) is 42.8 Å². The molecule has 0 bridgehead atoms. The van der Waals surface area contributed by atoms with E-state index in [2.05, 4.69) is 0 Å². The zero-order valence-electron chi connectivity index (χ0n) is 11.5. The Kier molecular flexibility index (Phi) is 3.64. The molecule has 0 atom stereocenters. The average molecular weight is 261 g/mol. The third-order valence-corrected chi connectivity index (χ3v) is 3.22. The quantitative estimate of drug-likeness (QED) is 0.913. The van der Waals surface area contributed by atoms with Gasteiger partial charge in [-0.05, 0) is 25.5 Å². The predicted octanol–water partition coefficient (Wildman–Crippen LogP) is 1.81. The Morgan fingerprint density at radius 1 is 1.32 bits per heavy atom. The zero-order valence-corrected chi connectivity index (χ0v) is 11.5. The molecule has 0 radical (unpaired) electrons. The molecule has 19 heavy (non-hydrogen) atoms. The van der Waals surface area contributed by atoms with Crippen molar-refractivity contribution in [2.75, 3.05) is 12.8 Å². The molecule has 5 nitrogen and oxygen atoms in total. The zero-order chi connectivity index (χ0) is 14.0. The molecule has 2 aromatic rings. The molecule has 0 amide bonds. The van der Waals surface area contributed by atoms with E-state index >= 15 is 0 Å². The summed E-state index contributed by atoms with van der Waals surface area (Å²) in [4.78, 5) is 12.3. The monoisotopic (exact) mass is 261 g/mol. The number of aromatic nitrogens is 2. The first-order valence-corrected chi connectivity index (χ1v) is 6.38. The van der Waals surface area contributed by atoms with Crippen LogP contribution in [0.3, 0.4) is 0 Å². The summed E-state index contributed by atoms with van der Waals surface area (Å²) in [6.45, 7) is 4.68. The SMILES string of the molecule is CCc1c(N)c(=O)n(-c2cccc(OC)c2)n1CC. The van der Waals surface area contributed by atoms with Crippen LogP contribution in [0, 0.1) is 0 Å². The number of nitrogen functional groups attached to an aromatic ring is 1. The maximum Gasteiger partial charge on any atom is 0.294 e. The summed E-state index contributed by atoms with van der Waals surface area (Å²) in [6, 6.07) is 7.40. The maximum atomic E-state index is 12.3. The molecular formula is C14H19N3O2. The predicted molar refractivity (Wildman–Crippen MR) is 76.0 cm³/mol. The summed E-state index contributed by atoms with van der Waals surface area (Å²) in [5.41, 5.74) is 7.70. The minimum Gasteiger partial charge on any atom is -0.497 e. The molecule has 2 rings (SSSR count). The maximum absolute atomic E-state index is 12.3. The Bertz CT molecular complexity index is 641. The van der Waals surface area contributed by atoms with Crippen molar-refractivity contribution in [2.24, 2.45) is 0 Å². The number of nitrogens with two attached hydrogens (primary N) is 1. The number of benzene rings is 1. The lowest BCUT2D eigenvalue weighted by atomic mass is 10.3. The van der Waals surface area contributed by atoms with Crippen molar-refractivity contribution >= 4 is 5.69 Å². The molecule has 5 heteroatoms. The molecule has 0 aliphatic heterocycles. The van der Waals surface area contributed by atoms with Crippen LogP contribution in [-0.2, 0) is 13.0 Å². The van der Waals surface area contributed by atoms with E-state index in [0.29, 0.717) is 18.0 Å². The Labute approximate surface area is 112 Å². The normalized spacial score (nSPS) is 10.7. The number of methoxy groups -OCH3 is 1. The van der Waals surface area contributed by atoms with Crippen LogP contribution >= 0.6 is 0 Å². The molecule has 0 fully saturated rings. The highest BCUT2D eigenvalue weighted by atomic mass is 16.5. The summed E-state index contributed by atoms with van der Waals surface area (Å²) in [5.74, 6) is 0.713. The lowest BCUT2D eigenvalue weighted by Crippen LogP contribution is -2.22. The Balaban J connectivity index is 2.71. The fourth-order valence-electron chi connectivity index (χ4n) is 2.31. The average Bonchev–Trinajstić information content (AvgIpc) is 2.70. The molecule has 0 unspecified atom stereocenters. The van der Waals surface area contributed by atoms with Gasteiger partial charge in [0.1, 0.15) is 11.4 Å². The van der Waals surface area contributed by atoms with Gasteiger partial charge < -0.3 is 10.5 Å². The van der Waals surface area contributed by atoms with Gasteiger partial charge in [0, 0.05) is 12.6 Å². The summed E-state index contributed by atoms with van der Waals surface area (Å²) in [6.07, 6.45) is 0.728. The van der Waals surface area contributed by atoms with E-state index in [0.717, 1.165) is 17.8 Å². The van der Waals surface area contributed by atoms with Crippen LogP contribution in [0.5, 0.6) is 5.75 Å². The van der Waals surface area contributed by atoms with Gasteiger partial charge >= 0.3 is 0 Å². The highest BCUT2D eigenvalue weighted by Crippen LogP contribution is 2.18. The standard InChI is InChI=1S/C14H19N3O2/c1-4-12-13(15)14(18)17(16(12)5-2)10-7-6-8-11(9-10)19-3/h6-9H,4-5,15H2,1-3H3. The first-order chi connectivity index (χ1) is 9.13. The fraction of sp³-hybridized carbons (Fsp3) is 0.357. The molecule has 0 spiro atoms. The van der Waals surface area contributed by atoms with Gasteiger partial charge in [-0.2, -0.15) is 0 Å². The lowest BCUT2D eigenvalue weighted by Gasteiger charge is -2.12. The highest BCUT2D eigenvalue weighted by molar-refractivity contribution is 5.47. The largest absolute Gasteiger partial charge is 0.497 e. The van der Waals surface area contributed by atoms with Crippen LogP contribution in [0.4, 0.5) is 5.69 Å². The molecule has 2 N–H and O–H groups in total. The van der Waals surface area contributed by atoms with Crippen molar-refractivity contribution in [2.45, 2.75) is 26.8 Å². The summed E-state index contributed by atoms with van der Waals surface area (Å²) in [7, 11) is 1.60. The Morgan fingerprint density at radius 3 is 2.63 bits per heavy atom. The van der Waals surface area contributed by atoms with Gasteiger partial charge in [-0.3, -0.25) is 9.48 Å². The molecule has 1 heterocycles. The molecule has 0 aliphatic carbocycles. The fourth-order valence-corrected chi connectivity index (χ4v) is 2.31. The molecule has 1 aromatic carbocycles. The van der Waals surface area contributed by atoms with Crippen LogP contribution in [0.25, 0.3) is 5.69 Å². The first-order valence-electron chi connectivity index (χ1n) is 6.38. The van der Waals surface area contributed by atoms with Crippen molar-refractivity contribution in [3.05, 3.63) is 40.3 Å². The third-order valence-electron chi connectivity index (χ3n) is 3.22. The lowest BCUT2D eigenvalue weighted by molar-refractivity contribution is 0.414. The minimum atomic E-state index is -0.174. The second-order valence-corrected chi connectivity index (χ2v) is 4.25. The van der Waals surface area contributed by atoms with Crippen molar-refractivity contribution in [1.82, 2.24) is 9.36 Å². The summed E-state index contributed by atoms with van der Waals surface area (Å²) >= 11 is 0. The Hall–Kier alpha value is -2.17. The van der Waals surface area contributed by atoms with Crippen molar-refractivity contribution < 1.29 is 4.74 Å². The van der Waals surface area contributed by atoms with E-state index in [9.17, 15) is 4.79 Å². The molecule has 0 aliphatic rings. The first kappa shape index (κ1) is 13.3. The number of hydrogen-bond donors (Lipinski definition) is 1. The second kappa shape index (κ2) is 5.22. The van der Waals surface area contributed by atoms with Crippen LogP contribution in [0.2, 0.25) is 0 Å². The van der Waals surface area contributed by atoms with Crippen LogP contribution in [0.15, 0.2) is 29.1 Å². The number of anilines is 1. The van der Waals surface area contributed by atoms with E-state index in [1.54, 1.807) is 11.8 Å². The van der Waals surface area contributed by atoms with Crippen molar-refractivity contribution in [3.63, 3.8) is 0 Å². The van der Waals surface area contributed by atoms with Gasteiger partial charge in [0.15, 0.2) is 0 Å². The van der Waals surface area contributed by atoms with Gasteiger partial charge in [0.05, 0.1) is 18.5 Å². The van der Waals surface area contributed by atoms with Crippen molar-refractivity contribution in [3.8, 4) is 11.4 Å². The van der Waals surface area contributed by atoms with Gasteiger partial charge in [-0.25, -0.2) is 4.68 Å². The van der Waals surface area contributed by atoms with Crippen LogP contribution < -0.4 is 16.0 Å². The van der Waals surface area contributed by atoms with Crippen LogP contribution in [-0.4, -0.2) is 16.5 Å². The van der Waals surface area contributed by atoms with Gasteiger partial charge in [-0.15, -0.1) is 0 Å². The Morgan fingerprint density at radius 2 is 2.05 bits per heavy atom. The smallest absolute Gasteiger partial charge is 0.294 e. The molecule has 1 aromatic heterocycles. The van der Waals surface area contributed by atoms with E-state index in [-0.39, 0.29) is 5.56 Å². The summed E-state index contributed by atoms with van der Waals surface area (Å²) < 4.78 is 8.71. The molecule has 0 saturated heterocycles. The molecule has 102 valence electrons. The molecular weight excluding hydrogens is 242 g/mol. The summed E-state index contributed by atoms with van der Waals surface area (Å²) in [5, 5.41) is 0. The number of hydrogen-bond acceptors (Lipinski definition) is 3. The molecule has 0 saturated carbocycles. The van der Waals surface area contributed by atoms with Gasteiger partial charge in [0.2, 0.25) is 0 Å². The minimum absolute atomic E-state index is 0.174. The van der Waals surface area contributed by atoms with Crippen molar-refractivity contribution in [1.29, 1.82) is 0 Å². The number of ether oxygens (including phenoxy) is 1. The van der Waals surface area contributed by atoms with E-state index in [4.69, 9.17) is 10.5 Å². The van der Waals surface area contributed by atoms with E-state index < -0.39 is 0 Å². The number of nitrogens with zero attached hydrogens (tertiary/aromatic N) is 2. The van der Waals surface area contributed by atoms with Crippen LogP contribution in [0.1, 0.15) is 19.5 Å². The van der Waals surface area contributed by atoms with Gasteiger partial charge in [0.25, 0.3) is 5.56 Å². The van der Waals surface area contributed by atoms with Gasteiger partial charge in [-0.1, -0.05) is 13.0 Å². The van der Waals surface area contributed by atoms with E-state index in [1.165, 1.54) is 0 Å². The third kappa shape index (κ3) is 2.12.